The molecular formula is C17H19N3O4S. The van der Waals surface area contributed by atoms with Crippen LogP contribution in [0.3, 0.4) is 0 Å². The number of carbonyl (C=O) groups excluding carboxylic acids is 3. The molecule has 0 unspecified atom stereocenters. The molecule has 8 heteroatoms. The minimum atomic E-state index is -1.22. The predicted molar refractivity (Wildman–Crippen MR) is 92.9 cm³/mol. The molecule has 2 rings (SSSR count). The van der Waals surface area contributed by atoms with E-state index in [1.165, 1.54) is 18.3 Å². The molecule has 132 valence electrons. The molecule has 1 atom stereocenters. The maximum Gasteiger partial charge on any atom is 0.341 e. The summed E-state index contributed by atoms with van der Waals surface area (Å²) in [5, 5.41) is 19.5. The number of amides is 1. The number of nitrogens with one attached hydrogen (secondary N) is 2. The highest BCUT2D eigenvalue weighted by Crippen LogP contribution is 2.36. The summed E-state index contributed by atoms with van der Waals surface area (Å²) in [6, 6.07) is 1.72. The maximum atomic E-state index is 12.4. The molecule has 2 N–H and O–H groups in total. The Balaban J connectivity index is 2.10. The first-order valence-corrected chi connectivity index (χ1v) is 8.63. The van der Waals surface area contributed by atoms with Crippen molar-refractivity contribution in [3.05, 3.63) is 16.0 Å². The van der Waals surface area contributed by atoms with E-state index in [1.54, 1.807) is 13.0 Å². The molecule has 0 aliphatic heterocycles. The number of aryl methyl sites for hydroxylation is 1. The van der Waals surface area contributed by atoms with E-state index >= 15 is 0 Å². The third-order valence-electron chi connectivity index (χ3n) is 4.00. The molecule has 7 nitrogen and oxygen atoms in total. The Morgan fingerprint density at radius 2 is 2.04 bits per heavy atom. The van der Waals surface area contributed by atoms with E-state index in [1.807, 2.05) is 6.92 Å². The Morgan fingerprint density at radius 3 is 2.56 bits per heavy atom. The minimum Gasteiger partial charge on any atom is -0.454 e. The highest BCUT2D eigenvalue weighted by molar-refractivity contribution is 7.16. The zero-order chi connectivity index (χ0) is 18.7. The summed E-state index contributed by atoms with van der Waals surface area (Å²) >= 11 is 1.29. The molecule has 0 bridgehead atoms. The van der Waals surface area contributed by atoms with Gasteiger partial charge in [0, 0.05) is 16.5 Å². The van der Waals surface area contributed by atoms with E-state index in [9.17, 15) is 14.4 Å². The van der Waals surface area contributed by atoms with Gasteiger partial charge in [0.2, 0.25) is 5.91 Å². The van der Waals surface area contributed by atoms with Gasteiger partial charge in [0.25, 0.3) is 0 Å². The fraction of sp³-hybridized carbons (Fsp3) is 0.471. The average Bonchev–Trinajstić information content (AvgIpc) is 3.34. The monoisotopic (exact) mass is 361 g/mol. The smallest absolute Gasteiger partial charge is 0.341 e. The average molecular weight is 361 g/mol. The van der Waals surface area contributed by atoms with Crippen LogP contribution < -0.4 is 5.32 Å². The number of Topliss-reactive ketones (excluding diaryl/α,β-unsaturated/α-hetero) is 1. The molecule has 25 heavy (non-hydrogen) atoms. The van der Waals surface area contributed by atoms with E-state index in [-0.39, 0.29) is 23.1 Å². The maximum absolute atomic E-state index is 12.4. The number of ketones is 1. The number of hydrogen-bond acceptors (Lipinski definition) is 7. The minimum absolute atomic E-state index is 0.000105. The van der Waals surface area contributed by atoms with Crippen LogP contribution >= 0.6 is 11.3 Å². The second-order valence-corrected chi connectivity index (χ2v) is 7.26. The summed E-state index contributed by atoms with van der Waals surface area (Å²) in [6.07, 6.45) is 1.70. The molecule has 1 aliphatic rings. The molecular weight excluding hydrogens is 342 g/mol. The topological polar surface area (TPSA) is 120 Å². The Morgan fingerprint density at radius 1 is 1.40 bits per heavy atom. The Bertz CT molecular complexity index is 787. The number of ether oxygens (including phenoxy) is 1. The van der Waals surface area contributed by atoms with Gasteiger partial charge < -0.3 is 15.5 Å². The van der Waals surface area contributed by atoms with E-state index < -0.39 is 24.3 Å². The van der Waals surface area contributed by atoms with Gasteiger partial charge in [0.1, 0.15) is 10.9 Å². The van der Waals surface area contributed by atoms with Gasteiger partial charge in [-0.3, -0.25) is 9.59 Å². The number of nitrogens with zero attached hydrogens (tertiary/aromatic N) is 1. The molecule has 0 aromatic carbocycles. The standard InChI is InChI=1S/C17H19N3O4S/c1-8-10(3)25-16(20-15(22)11-4-5-11)14(8)17(23)24-7-13(21)12(6-18)9(2)19/h11-12,19H,4-5,7H2,1-3H3,(H,20,22)/t12-/m0/s1. The molecule has 1 aromatic heterocycles. The van der Waals surface area contributed by atoms with Crippen molar-refractivity contribution in [1.82, 2.24) is 0 Å². The third-order valence-corrected chi connectivity index (χ3v) is 5.13. The number of hydrogen-bond donors (Lipinski definition) is 2. The number of rotatable bonds is 7. The van der Waals surface area contributed by atoms with Crippen LogP contribution in [0.15, 0.2) is 0 Å². The first kappa shape index (κ1) is 18.8. The van der Waals surface area contributed by atoms with Gasteiger partial charge in [0.05, 0.1) is 11.6 Å². The zero-order valence-corrected chi connectivity index (χ0v) is 15.1. The molecule has 0 spiro atoms. The number of carbonyl (C=O) groups is 3. The van der Waals surface area contributed by atoms with E-state index in [0.717, 1.165) is 17.7 Å². The van der Waals surface area contributed by atoms with Crippen LogP contribution in [0.4, 0.5) is 5.00 Å². The summed E-state index contributed by atoms with van der Waals surface area (Å²) in [5.41, 5.74) is 0.835. The number of thiophene rings is 1. The Hall–Kier alpha value is -2.53. The van der Waals surface area contributed by atoms with Crippen LogP contribution in [0.1, 0.15) is 40.6 Å². The highest BCUT2D eigenvalue weighted by Gasteiger charge is 2.32. The van der Waals surface area contributed by atoms with E-state index in [0.29, 0.717) is 10.6 Å². The second kappa shape index (κ2) is 7.57. The quantitative estimate of drug-likeness (QED) is 0.571. The summed E-state index contributed by atoms with van der Waals surface area (Å²) in [4.78, 5) is 37.1. The van der Waals surface area contributed by atoms with Crippen LogP contribution in [0.2, 0.25) is 0 Å². The van der Waals surface area contributed by atoms with E-state index in [4.69, 9.17) is 15.4 Å². The number of nitriles is 1. The number of anilines is 1. The van der Waals surface area contributed by atoms with Crippen LogP contribution in [0.25, 0.3) is 0 Å². The van der Waals surface area contributed by atoms with Crippen molar-refractivity contribution in [1.29, 1.82) is 10.7 Å². The normalized spacial score (nSPS) is 14.3. The lowest BCUT2D eigenvalue weighted by Gasteiger charge is -2.09. The van der Waals surface area contributed by atoms with Gasteiger partial charge >= 0.3 is 5.97 Å². The van der Waals surface area contributed by atoms with Crippen LogP contribution in [0.5, 0.6) is 0 Å². The summed E-state index contributed by atoms with van der Waals surface area (Å²) < 4.78 is 5.03. The van der Waals surface area contributed by atoms with Crippen molar-refractivity contribution in [3.8, 4) is 6.07 Å². The molecule has 1 aromatic rings. The molecule has 0 saturated heterocycles. The number of esters is 1. The summed E-state index contributed by atoms with van der Waals surface area (Å²) in [6.45, 7) is 4.35. The van der Waals surface area contributed by atoms with Crippen LogP contribution in [-0.2, 0) is 14.3 Å². The molecule has 1 aliphatic carbocycles. The summed E-state index contributed by atoms with van der Waals surface area (Å²) in [7, 11) is 0. The molecule has 1 saturated carbocycles. The highest BCUT2D eigenvalue weighted by atomic mass is 32.1. The van der Waals surface area contributed by atoms with Crippen molar-refractivity contribution in [2.24, 2.45) is 11.8 Å². The Kier molecular flexibility index (Phi) is 5.69. The molecule has 1 amide bonds. The van der Waals surface area contributed by atoms with Crippen LogP contribution in [0, 0.1) is 42.4 Å². The molecule has 0 radical (unpaired) electrons. The van der Waals surface area contributed by atoms with Crippen LogP contribution in [-0.4, -0.2) is 30.0 Å². The lowest BCUT2D eigenvalue weighted by Crippen LogP contribution is -2.26. The Labute approximate surface area is 149 Å². The lowest BCUT2D eigenvalue weighted by molar-refractivity contribution is -0.122. The first-order valence-electron chi connectivity index (χ1n) is 7.81. The van der Waals surface area contributed by atoms with Gasteiger partial charge in [-0.15, -0.1) is 11.3 Å². The largest absolute Gasteiger partial charge is 0.454 e. The fourth-order valence-electron chi connectivity index (χ4n) is 2.22. The van der Waals surface area contributed by atoms with Gasteiger partial charge in [-0.05, 0) is 39.2 Å². The van der Waals surface area contributed by atoms with Crippen molar-refractivity contribution >= 4 is 39.7 Å². The first-order chi connectivity index (χ1) is 11.8. The predicted octanol–water partition coefficient (Wildman–Crippen LogP) is 2.62. The molecule has 1 heterocycles. The fourth-order valence-corrected chi connectivity index (χ4v) is 3.27. The van der Waals surface area contributed by atoms with Gasteiger partial charge in [-0.2, -0.15) is 5.26 Å². The SMILES string of the molecule is CC(=N)[C@H](C#N)C(=O)COC(=O)c1c(NC(=O)C2CC2)sc(C)c1C. The lowest BCUT2D eigenvalue weighted by atomic mass is 10.0. The summed E-state index contributed by atoms with van der Waals surface area (Å²) in [5.74, 6) is -2.69. The van der Waals surface area contributed by atoms with Crippen molar-refractivity contribution in [2.75, 3.05) is 11.9 Å². The van der Waals surface area contributed by atoms with Gasteiger partial charge in [-0.25, -0.2) is 4.79 Å². The van der Waals surface area contributed by atoms with Crippen molar-refractivity contribution in [3.63, 3.8) is 0 Å². The van der Waals surface area contributed by atoms with Crippen molar-refractivity contribution < 1.29 is 19.1 Å². The third kappa shape index (κ3) is 4.31. The van der Waals surface area contributed by atoms with Crippen molar-refractivity contribution in [2.45, 2.75) is 33.6 Å². The van der Waals surface area contributed by atoms with Gasteiger partial charge in [-0.1, -0.05) is 0 Å². The van der Waals surface area contributed by atoms with Gasteiger partial charge in [0.15, 0.2) is 12.4 Å². The zero-order valence-electron chi connectivity index (χ0n) is 14.3. The second-order valence-electron chi connectivity index (χ2n) is 6.04. The van der Waals surface area contributed by atoms with E-state index in [2.05, 4.69) is 5.32 Å². The molecule has 1 fully saturated rings.